The third-order valence-electron chi connectivity index (χ3n) is 5.86. The summed E-state index contributed by atoms with van der Waals surface area (Å²) in [6.45, 7) is 3.16. The number of imidazole rings is 1. The summed E-state index contributed by atoms with van der Waals surface area (Å²) in [5.41, 5.74) is 3.70. The SMILES string of the molecule is CCCn1c(NC(=O)c2cccc(S(=O)(=O)N3CCc4ccccc43)c2)nc2ccccc21. The van der Waals surface area contributed by atoms with E-state index in [0.717, 1.165) is 23.0 Å². The van der Waals surface area contributed by atoms with Crippen molar-refractivity contribution in [1.82, 2.24) is 9.55 Å². The minimum Gasteiger partial charge on any atom is -0.310 e. The Morgan fingerprint density at radius 1 is 1.03 bits per heavy atom. The van der Waals surface area contributed by atoms with E-state index in [-0.39, 0.29) is 10.5 Å². The zero-order valence-corrected chi connectivity index (χ0v) is 19.0. The fourth-order valence-corrected chi connectivity index (χ4v) is 5.83. The molecule has 7 nitrogen and oxygen atoms in total. The van der Waals surface area contributed by atoms with Gasteiger partial charge in [-0.05, 0) is 54.8 Å². The van der Waals surface area contributed by atoms with Gasteiger partial charge in [-0.15, -0.1) is 0 Å². The first-order chi connectivity index (χ1) is 16.0. The van der Waals surface area contributed by atoms with Crippen LogP contribution in [0.3, 0.4) is 0 Å². The molecular weight excluding hydrogens is 436 g/mol. The van der Waals surface area contributed by atoms with Gasteiger partial charge < -0.3 is 4.57 Å². The second kappa shape index (κ2) is 8.37. The molecule has 0 unspecified atom stereocenters. The predicted octanol–water partition coefficient (Wildman–Crippen LogP) is 4.45. The Morgan fingerprint density at radius 3 is 2.67 bits per heavy atom. The molecule has 0 aliphatic carbocycles. The molecule has 0 bridgehead atoms. The lowest BCUT2D eigenvalue weighted by Gasteiger charge is -2.20. The van der Waals surface area contributed by atoms with E-state index in [1.807, 2.05) is 53.1 Å². The Morgan fingerprint density at radius 2 is 1.82 bits per heavy atom. The van der Waals surface area contributed by atoms with Crippen LogP contribution < -0.4 is 9.62 Å². The van der Waals surface area contributed by atoms with Crippen LogP contribution in [0.2, 0.25) is 0 Å². The highest BCUT2D eigenvalue weighted by Crippen LogP contribution is 2.33. The molecule has 8 heteroatoms. The van der Waals surface area contributed by atoms with Crippen LogP contribution in [0, 0.1) is 0 Å². The quantitative estimate of drug-likeness (QED) is 0.461. The van der Waals surface area contributed by atoms with Crippen LogP contribution in [0.15, 0.2) is 77.7 Å². The first kappa shape index (κ1) is 21.2. The molecule has 168 valence electrons. The largest absolute Gasteiger partial charge is 0.310 e. The number of carbonyl (C=O) groups is 1. The molecule has 2 heterocycles. The molecule has 0 atom stereocenters. The van der Waals surface area contributed by atoms with Crippen LogP contribution in [-0.4, -0.2) is 30.4 Å². The number of rotatable bonds is 6. The van der Waals surface area contributed by atoms with Gasteiger partial charge in [-0.1, -0.05) is 43.3 Å². The average molecular weight is 461 g/mol. The van der Waals surface area contributed by atoms with Crippen molar-refractivity contribution in [3.63, 3.8) is 0 Å². The summed E-state index contributed by atoms with van der Waals surface area (Å²) in [5, 5.41) is 2.87. The van der Waals surface area contributed by atoms with Crippen LogP contribution in [0.1, 0.15) is 29.3 Å². The number of para-hydroxylation sites is 3. The fourth-order valence-electron chi connectivity index (χ4n) is 4.28. The number of anilines is 2. The lowest BCUT2D eigenvalue weighted by atomic mass is 10.2. The zero-order chi connectivity index (χ0) is 23.0. The maximum Gasteiger partial charge on any atom is 0.264 e. The topological polar surface area (TPSA) is 84.3 Å². The molecule has 1 aliphatic rings. The van der Waals surface area contributed by atoms with Gasteiger partial charge in [0.1, 0.15) is 0 Å². The number of hydrogen-bond donors (Lipinski definition) is 1. The number of fused-ring (bicyclic) bond motifs is 2. The summed E-state index contributed by atoms with van der Waals surface area (Å²) < 4.78 is 30.1. The van der Waals surface area contributed by atoms with E-state index in [0.29, 0.717) is 31.1 Å². The minimum absolute atomic E-state index is 0.0916. The van der Waals surface area contributed by atoms with Crippen molar-refractivity contribution in [2.75, 3.05) is 16.2 Å². The standard InChI is InChI=1S/C25H24N4O3S/c1-2-15-28-23-13-6-4-11-21(23)26-25(28)27-24(30)19-9-7-10-20(17-19)33(31,32)29-16-14-18-8-3-5-12-22(18)29/h3-13,17H,2,14-16H2,1H3,(H,26,27,30). The van der Waals surface area contributed by atoms with Gasteiger partial charge in [0.05, 0.1) is 21.6 Å². The summed E-state index contributed by atoms with van der Waals surface area (Å²) in [7, 11) is -3.79. The molecule has 4 aromatic rings. The summed E-state index contributed by atoms with van der Waals surface area (Å²) in [5.74, 6) is 0.0475. The summed E-state index contributed by atoms with van der Waals surface area (Å²) in [6, 6.07) is 21.4. The maximum absolute atomic E-state index is 13.4. The van der Waals surface area contributed by atoms with Crippen molar-refractivity contribution in [1.29, 1.82) is 0 Å². The number of amides is 1. The van der Waals surface area contributed by atoms with Gasteiger partial charge in [-0.25, -0.2) is 13.4 Å². The van der Waals surface area contributed by atoms with E-state index in [2.05, 4.69) is 17.2 Å². The van der Waals surface area contributed by atoms with Crippen LogP contribution in [0.25, 0.3) is 11.0 Å². The molecule has 1 N–H and O–H groups in total. The Kier molecular flexibility index (Phi) is 5.38. The van der Waals surface area contributed by atoms with Crippen molar-refractivity contribution in [3.8, 4) is 0 Å². The van der Waals surface area contributed by atoms with Crippen molar-refractivity contribution in [2.24, 2.45) is 0 Å². The lowest BCUT2D eigenvalue weighted by Crippen LogP contribution is -2.29. The van der Waals surface area contributed by atoms with Crippen LogP contribution >= 0.6 is 0 Å². The zero-order valence-electron chi connectivity index (χ0n) is 18.2. The molecule has 0 spiro atoms. The number of hydrogen-bond acceptors (Lipinski definition) is 4. The molecule has 1 amide bonds. The second-order valence-corrected chi connectivity index (χ2v) is 9.88. The minimum atomic E-state index is -3.79. The van der Waals surface area contributed by atoms with Gasteiger partial charge >= 0.3 is 0 Å². The highest BCUT2D eigenvalue weighted by atomic mass is 32.2. The molecule has 1 aliphatic heterocycles. The number of nitrogens with one attached hydrogen (secondary N) is 1. The van der Waals surface area contributed by atoms with E-state index in [1.165, 1.54) is 16.4 Å². The molecular formula is C25H24N4O3S. The number of nitrogens with zero attached hydrogens (tertiary/aromatic N) is 3. The third kappa shape index (κ3) is 3.76. The van der Waals surface area contributed by atoms with Crippen molar-refractivity contribution in [3.05, 3.63) is 83.9 Å². The van der Waals surface area contributed by atoms with E-state index in [9.17, 15) is 13.2 Å². The predicted molar refractivity (Wildman–Crippen MR) is 129 cm³/mol. The van der Waals surface area contributed by atoms with E-state index in [1.54, 1.807) is 12.1 Å². The van der Waals surface area contributed by atoms with Crippen molar-refractivity contribution < 1.29 is 13.2 Å². The highest BCUT2D eigenvalue weighted by molar-refractivity contribution is 7.92. The normalized spacial score (nSPS) is 13.3. The van der Waals surface area contributed by atoms with E-state index < -0.39 is 15.9 Å². The number of carbonyl (C=O) groups excluding carboxylic acids is 1. The van der Waals surface area contributed by atoms with Gasteiger partial charge in [0.2, 0.25) is 5.95 Å². The van der Waals surface area contributed by atoms with Gasteiger partial charge in [-0.3, -0.25) is 14.4 Å². The van der Waals surface area contributed by atoms with Crippen LogP contribution in [0.4, 0.5) is 11.6 Å². The molecule has 0 saturated heterocycles. The number of sulfonamides is 1. The van der Waals surface area contributed by atoms with E-state index in [4.69, 9.17) is 0 Å². The molecule has 5 rings (SSSR count). The number of aryl methyl sites for hydroxylation is 1. The fraction of sp³-hybridized carbons (Fsp3) is 0.200. The lowest BCUT2D eigenvalue weighted by molar-refractivity contribution is 0.102. The van der Waals surface area contributed by atoms with Crippen LogP contribution in [-0.2, 0) is 23.0 Å². The Bertz CT molecular complexity index is 1460. The third-order valence-corrected chi connectivity index (χ3v) is 7.67. The van der Waals surface area contributed by atoms with E-state index >= 15 is 0 Å². The number of aromatic nitrogens is 2. The van der Waals surface area contributed by atoms with Gasteiger partial charge in [-0.2, -0.15) is 0 Å². The summed E-state index contributed by atoms with van der Waals surface area (Å²) in [4.78, 5) is 17.7. The molecule has 0 fully saturated rings. The average Bonchev–Trinajstić information content (AvgIpc) is 3.42. The van der Waals surface area contributed by atoms with Crippen molar-refractivity contribution in [2.45, 2.75) is 31.2 Å². The molecule has 3 aromatic carbocycles. The van der Waals surface area contributed by atoms with Crippen molar-refractivity contribution >= 4 is 38.6 Å². The summed E-state index contributed by atoms with van der Waals surface area (Å²) in [6.07, 6.45) is 1.55. The Labute approximate surface area is 192 Å². The van der Waals surface area contributed by atoms with Gasteiger partial charge in [0, 0.05) is 18.7 Å². The summed E-state index contributed by atoms with van der Waals surface area (Å²) >= 11 is 0. The first-order valence-electron chi connectivity index (χ1n) is 11.0. The monoisotopic (exact) mass is 460 g/mol. The van der Waals surface area contributed by atoms with Crippen LogP contribution in [0.5, 0.6) is 0 Å². The molecule has 0 saturated carbocycles. The highest BCUT2D eigenvalue weighted by Gasteiger charge is 2.31. The number of benzene rings is 3. The smallest absolute Gasteiger partial charge is 0.264 e. The molecule has 0 radical (unpaired) electrons. The second-order valence-electron chi connectivity index (χ2n) is 8.01. The first-order valence-corrected chi connectivity index (χ1v) is 12.4. The molecule has 33 heavy (non-hydrogen) atoms. The molecule has 1 aromatic heterocycles. The maximum atomic E-state index is 13.4. The van der Waals surface area contributed by atoms with Gasteiger partial charge in [0.15, 0.2) is 0 Å². The van der Waals surface area contributed by atoms with Gasteiger partial charge in [0.25, 0.3) is 15.9 Å². The Hall–Kier alpha value is -3.65. The Balaban J connectivity index is 1.45.